The first-order chi connectivity index (χ1) is 5.86. The van der Waals surface area contributed by atoms with Crippen molar-refractivity contribution in [3.05, 3.63) is 12.2 Å². The van der Waals surface area contributed by atoms with Crippen molar-refractivity contribution < 1.29 is 5.21 Å². The lowest BCUT2D eigenvalue weighted by molar-refractivity contribution is 0.310. The topological polar surface area (TPSA) is 32.6 Å². The minimum absolute atomic E-state index is 0.812. The molecule has 0 spiro atoms. The summed E-state index contributed by atoms with van der Waals surface area (Å²) in [7, 11) is 0. The molecule has 12 heavy (non-hydrogen) atoms. The highest BCUT2D eigenvalue weighted by Gasteiger charge is 2.16. The lowest BCUT2D eigenvalue weighted by atomic mass is 9.86. The average Bonchev–Trinajstić information content (AvgIpc) is 2.15. The monoisotopic (exact) mass is 167 g/mol. The third kappa shape index (κ3) is 2.68. The molecule has 0 saturated heterocycles. The minimum atomic E-state index is 0.812. The molecule has 0 amide bonds. The van der Waals surface area contributed by atoms with Gasteiger partial charge in [0.15, 0.2) is 0 Å². The molecule has 1 rings (SSSR count). The van der Waals surface area contributed by atoms with Crippen molar-refractivity contribution in [2.45, 2.75) is 39.0 Å². The first kappa shape index (κ1) is 9.30. The number of hydrogen-bond acceptors (Lipinski definition) is 2. The summed E-state index contributed by atoms with van der Waals surface area (Å²) in [5.41, 5.74) is 0.978. The lowest BCUT2D eigenvalue weighted by Gasteiger charge is -2.20. The molecule has 1 aliphatic rings. The highest BCUT2D eigenvalue weighted by Crippen LogP contribution is 2.25. The van der Waals surface area contributed by atoms with E-state index in [2.05, 4.69) is 24.2 Å². The van der Waals surface area contributed by atoms with Crippen molar-refractivity contribution in [3.8, 4) is 0 Å². The maximum Gasteiger partial charge on any atom is 0.0571 e. The number of oxime groups is 1. The van der Waals surface area contributed by atoms with E-state index < -0.39 is 0 Å². The van der Waals surface area contributed by atoms with Crippen LogP contribution in [0.1, 0.15) is 39.0 Å². The van der Waals surface area contributed by atoms with Gasteiger partial charge in [-0.15, -0.1) is 0 Å². The summed E-state index contributed by atoms with van der Waals surface area (Å²) in [6.45, 7) is 2.06. The molecule has 0 unspecified atom stereocenters. The van der Waals surface area contributed by atoms with Gasteiger partial charge < -0.3 is 5.21 Å². The smallest absolute Gasteiger partial charge is 0.0571 e. The van der Waals surface area contributed by atoms with Gasteiger partial charge in [-0.25, -0.2) is 0 Å². The Morgan fingerprint density at radius 3 is 2.67 bits per heavy atom. The minimum Gasteiger partial charge on any atom is -0.411 e. The molecular weight excluding hydrogens is 150 g/mol. The van der Waals surface area contributed by atoms with Crippen LogP contribution in [0.2, 0.25) is 0 Å². The summed E-state index contributed by atoms with van der Waals surface area (Å²) in [5.74, 6) is 0.812. The Kier molecular flexibility index (Phi) is 3.85. The number of hydrogen-bond donors (Lipinski definition) is 1. The third-order valence-electron chi connectivity index (χ3n) is 2.53. The molecule has 0 radical (unpaired) electrons. The lowest BCUT2D eigenvalue weighted by Crippen LogP contribution is -2.13. The molecule has 0 atom stereocenters. The normalized spacial score (nSPS) is 24.8. The van der Waals surface area contributed by atoms with Gasteiger partial charge >= 0.3 is 0 Å². The van der Waals surface area contributed by atoms with Crippen LogP contribution in [0.4, 0.5) is 0 Å². The van der Waals surface area contributed by atoms with Crippen LogP contribution >= 0.6 is 0 Å². The van der Waals surface area contributed by atoms with E-state index in [-0.39, 0.29) is 0 Å². The molecule has 2 nitrogen and oxygen atoms in total. The summed E-state index contributed by atoms with van der Waals surface area (Å²) in [6.07, 6.45) is 9.86. The quantitative estimate of drug-likeness (QED) is 0.383. The molecule has 0 aromatic heterocycles. The number of nitrogens with zero attached hydrogens (tertiary/aromatic N) is 1. The molecule has 68 valence electrons. The Morgan fingerprint density at radius 2 is 2.17 bits per heavy atom. The summed E-state index contributed by atoms with van der Waals surface area (Å²) < 4.78 is 0. The van der Waals surface area contributed by atoms with Gasteiger partial charge in [0.25, 0.3) is 0 Å². The molecule has 0 aromatic rings. The Bertz CT molecular complexity index is 174. The number of allylic oxidation sites excluding steroid dienone is 2. The van der Waals surface area contributed by atoms with Gasteiger partial charge in [0.2, 0.25) is 0 Å². The van der Waals surface area contributed by atoms with Crippen molar-refractivity contribution >= 4 is 5.71 Å². The second-order valence-corrected chi connectivity index (χ2v) is 3.41. The second kappa shape index (κ2) is 4.96. The second-order valence-electron chi connectivity index (χ2n) is 3.41. The summed E-state index contributed by atoms with van der Waals surface area (Å²) in [5, 5.41) is 11.8. The van der Waals surface area contributed by atoms with E-state index in [1.165, 1.54) is 19.3 Å². The van der Waals surface area contributed by atoms with Crippen molar-refractivity contribution in [1.82, 2.24) is 0 Å². The van der Waals surface area contributed by atoms with Crippen LogP contribution in [-0.4, -0.2) is 10.9 Å². The maximum atomic E-state index is 8.53. The first-order valence-electron chi connectivity index (χ1n) is 4.67. The highest BCUT2D eigenvalue weighted by atomic mass is 16.4. The number of rotatable bonds is 2. The summed E-state index contributed by atoms with van der Waals surface area (Å²) >= 11 is 0. The first-order valence-corrected chi connectivity index (χ1v) is 4.67. The van der Waals surface area contributed by atoms with E-state index in [1.807, 2.05) is 0 Å². The van der Waals surface area contributed by atoms with Crippen LogP contribution in [0.25, 0.3) is 0 Å². The Labute approximate surface area is 74.0 Å². The third-order valence-corrected chi connectivity index (χ3v) is 2.53. The van der Waals surface area contributed by atoms with Gasteiger partial charge in [0.05, 0.1) is 5.71 Å². The molecule has 0 bridgehead atoms. The Hall–Kier alpha value is -0.790. The van der Waals surface area contributed by atoms with E-state index in [4.69, 9.17) is 5.21 Å². The zero-order chi connectivity index (χ0) is 8.81. The molecule has 1 aliphatic carbocycles. The van der Waals surface area contributed by atoms with E-state index in [0.29, 0.717) is 0 Å². The standard InChI is InChI=1S/C10H17NO/c1-2-3-4-9-5-7-10(11-12)8-6-9/h2-3,9,12H,4-8H2,1H3/b3-2-,11-10?. The average molecular weight is 167 g/mol. The Balaban J connectivity index is 2.26. The van der Waals surface area contributed by atoms with Gasteiger partial charge in [0.1, 0.15) is 0 Å². The zero-order valence-corrected chi connectivity index (χ0v) is 7.66. The van der Waals surface area contributed by atoms with Gasteiger partial charge in [-0.1, -0.05) is 17.3 Å². The van der Waals surface area contributed by atoms with E-state index in [9.17, 15) is 0 Å². The van der Waals surface area contributed by atoms with Gasteiger partial charge in [-0.05, 0) is 44.9 Å². The fourth-order valence-corrected chi connectivity index (χ4v) is 1.68. The zero-order valence-electron chi connectivity index (χ0n) is 7.66. The van der Waals surface area contributed by atoms with Crippen LogP contribution in [-0.2, 0) is 0 Å². The van der Waals surface area contributed by atoms with E-state index >= 15 is 0 Å². The van der Waals surface area contributed by atoms with Crippen molar-refractivity contribution in [2.24, 2.45) is 11.1 Å². The van der Waals surface area contributed by atoms with Crippen LogP contribution in [0, 0.1) is 5.92 Å². The van der Waals surface area contributed by atoms with E-state index in [0.717, 1.165) is 24.5 Å². The van der Waals surface area contributed by atoms with Crippen LogP contribution in [0.5, 0.6) is 0 Å². The van der Waals surface area contributed by atoms with Crippen LogP contribution in [0.15, 0.2) is 17.3 Å². The predicted octanol–water partition coefficient (Wildman–Crippen LogP) is 2.97. The predicted molar refractivity (Wildman–Crippen MR) is 50.6 cm³/mol. The van der Waals surface area contributed by atoms with Gasteiger partial charge in [0, 0.05) is 0 Å². The van der Waals surface area contributed by atoms with Crippen molar-refractivity contribution in [1.29, 1.82) is 0 Å². The van der Waals surface area contributed by atoms with Crippen LogP contribution in [0.3, 0.4) is 0 Å². The molecule has 1 N–H and O–H groups in total. The van der Waals surface area contributed by atoms with Crippen molar-refractivity contribution in [2.75, 3.05) is 0 Å². The molecular formula is C10H17NO. The van der Waals surface area contributed by atoms with Gasteiger partial charge in [-0.3, -0.25) is 0 Å². The van der Waals surface area contributed by atoms with Crippen molar-refractivity contribution in [3.63, 3.8) is 0 Å². The fraction of sp³-hybridized carbons (Fsp3) is 0.700. The maximum absolute atomic E-state index is 8.53. The fourth-order valence-electron chi connectivity index (χ4n) is 1.68. The largest absolute Gasteiger partial charge is 0.411 e. The summed E-state index contributed by atoms with van der Waals surface area (Å²) in [4.78, 5) is 0. The van der Waals surface area contributed by atoms with E-state index in [1.54, 1.807) is 0 Å². The molecule has 0 heterocycles. The summed E-state index contributed by atoms with van der Waals surface area (Å²) in [6, 6.07) is 0. The highest BCUT2D eigenvalue weighted by molar-refractivity contribution is 5.84. The van der Waals surface area contributed by atoms with Gasteiger partial charge in [-0.2, -0.15) is 0 Å². The Morgan fingerprint density at radius 1 is 1.50 bits per heavy atom. The molecule has 0 aliphatic heterocycles. The SMILES string of the molecule is C/C=C\CC1CCC(=NO)CC1. The molecule has 1 fully saturated rings. The molecule has 0 aromatic carbocycles. The molecule has 1 saturated carbocycles. The van der Waals surface area contributed by atoms with Crippen LogP contribution < -0.4 is 0 Å². The molecule has 2 heteroatoms.